The molecule has 1 aliphatic heterocycles. The summed E-state index contributed by atoms with van der Waals surface area (Å²) >= 11 is 3.07. The van der Waals surface area contributed by atoms with E-state index in [1.54, 1.807) is 12.1 Å². The highest BCUT2D eigenvalue weighted by Crippen LogP contribution is 2.18. The smallest absolute Gasteiger partial charge is 0.254 e. The standard InChI is InChI=1S/C13H16BrFN2O/c14-11-6-3-5-10(12(11)15)13(18)17-8-9-4-1-2-7-16-9/h3,5-6,9,16H,1-2,4,7-8H2,(H,17,18). The number of rotatable bonds is 3. The summed E-state index contributed by atoms with van der Waals surface area (Å²) in [5.41, 5.74) is 0.0835. The van der Waals surface area contributed by atoms with Gasteiger partial charge in [0, 0.05) is 12.6 Å². The second-order valence-corrected chi connectivity index (χ2v) is 5.31. The van der Waals surface area contributed by atoms with Gasteiger partial charge in [-0.2, -0.15) is 0 Å². The van der Waals surface area contributed by atoms with Crippen LogP contribution < -0.4 is 10.6 Å². The molecule has 0 bridgehead atoms. The van der Waals surface area contributed by atoms with Crippen LogP contribution in [0.5, 0.6) is 0 Å². The van der Waals surface area contributed by atoms with Crippen LogP contribution in [0.15, 0.2) is 22.7 Å². The summed E-state index contributed by atoms with van der Waals surface area (Å²) in [7, 11) is 0. The van der Waals surface area contributed by atoms with Crippen molar-refractivity contribution in [2.75, 3.05) is 13.1 Å². The molecular formula is C13H16BrFN2O. The molecule has 3 nitrogen and oxygen atoms in total. The zero-order valence-corrected chi connectivity index (χ0v) is 11.6. The minimum Gasteiger partial charge on any atom is -0.350 e. The molecule has 1 aromatic rings. The fourth-order valence-corrected chi connectivity index (χ4v) is 2.45. The van der Waals surface area contributed by atoms with E-state index in [0.29, 0.717) is 17.1 Å². The van der Waals surface area contributed by atoms with Gasteiger partial charge < -0.3 is 10.6 Å². The molecule has 2 rings (SSSR count). The Bertz CT molecular complexity index is 433. The first-order valence-corrected chi connectivity index (χ1v) is 6.93. The third kappa shape index (κ3) is 3.29. The molecule has 1 aliphatic rings. The molecule has 18 heavy (non-hydrogen) atoms. The van der Waals surface area contributed by atoms with E-state index in [2.05, 4.69) is 26.6 Å². The molecule has 2 N–H and O–H groups in total. The molecule has 1 heterocycles. The molecular weight excluding hydrogens is 299 g/mol. The Kier molecular flexibility index (Phi) is 4.72. The molecule has 0 radical (unpaired) electrons. The number of amides is 1. The van der Waals surface area contributed by atoms with Crippen molar-refractivity contribution in [3.63, 3.8) is 0 Å². The maximum atomic E-state index is 13.7. The predicted octanol–water partition coefficient (Wildman–Crippen LogP) is 2.46. The monoisotopic (exact) mass is 314 g/mol. The first-order valence-electron chi connectivity index (χ1n) is 6.14. The van der Waals surface area contributed by atoms with Gasteiger partial charge in [-0.15, -0.1) is 0 Å². The quantitative estimate of drug-likeness (QED) is 0.900. The minimum absolute atomic E-state index is 0.0835. The van der Waals surface area contributed by atoms with Crippen LogP contribution in [0.4, 0.5) is 4.39 Å². The summed E-state index contributed by atoms with van der Waals surface area (Å²) in [6, 6.07) is 5.03. The van der Waals surface area contributed by atoms with Crippen molar-refractivity contribution >= 4 is 21.8 Å². The molecule has 1 aromatic carbocycles. The van der Waals surface area contributed by atoms with Gasteiger partial charge in [0.2, 0.25) is 0 Å². The van der Waals surface area contributed by atoms with Gasteiger partial charge in [0.1, 0.15) is 5.82 Å². The number of halogens is 2. The molecule has 1 saturated heterocycles. The second-order valence-electron chi connectivity index (χ2n) is 4.46. The van der Waals surface area contributed by atoms with Crippen molar-refractivity contribution in [3.05, 3.63) is 34.1 Å². The zero-order chi connectivity index (χ0) is 13.0. The maximum absolute atomic E-state index is 13.7. The molecule has 0 aliphatic carbocycles. The Hall–Kier alpha value is -0.940. The fourth-order valence-electron chi connectivity index (χ4n) is 2.09. The topological polar surface area (TPSA) is 41.1 Å². The van der Waals surface area contributed by atoms with E-state index in [9.17, 15) is 9.18 Å². The van der Waals surface area contributed by atoms with Gasteiger partial charge in [-0.3, -0.25) is 4.79 Å². The van der Waals surface area contributed by atoms with Gasteiger partial charge in [-0.1, -0.05) is 12.5 Å². The van der Waals surface area contributed by atoms with E-state index < -0.39 is 5.82 Å². The molecule has 0 spiro atoms. The second kappa shape index (κ2) is 6.29. The van der Waals surface area contributed by atoms with Crippen molar-refractivity contribution in [1.82, 2.24) is 10.6 Å². The van der Waals surface area contributed by atoms with Gasteiger partial charge >= 0.3 is 0 Å². The average molecular weight is 315 g/mol. The van der Waals surface area contributed by atoms with Crippen LogP contribution in [0.2, 0.25) is 0 Å². The van der Waals surface area contributed by atoms with E-state index >= 15 is 0 Å². The molecule has 1 fully saturated rings. The first-order chi connectivity index (χ1) is 8.68. The number of hydrogen-bond acceptors (Lipinski definition) is 2. The number of carbonyl (C=O) groups is 1. The highest BCUT2D eigenvalue weighted by Gasteiger charge is 2.16. The van der Waals surface area contributed by atoms with E-state index in [1.807, 2.05) is 0 Å². The van der Waals surface area contributed by atoms with Gasteiger partial charge in [0.25, 0.3) is 5.91 Å². The van der Waals surface area contributed by atoms with Crippen LogP contribution >= 0.6 is 15.9 Å². The predicted molar refractivity (Wildman–Crippen MR) is 72.1 cm³/mol. The van der Waals surface area contributed by atoms with Crippen LogP contribution in [-0.4, -0.2) is 25.0 Å². The van der Waals surface area contributed by atoms with Gasteiger partial charge in [-0.05, 0) is 47.4 Å². The Morgan fingerprint density at radius 3 is 3.06 bits per heavy atom. The Morgan fingerprint density at radius 2 is 2.33 bits per heavy atom. The zero-order valence-electron chi connectivity index (χ0n) is 10.0. The van der Waals surface area contributed by atoms with Gasteiger partial charge in [0.05, 0.1) is 10.0 Å². The van der Waals surface area contributed by atoms with E-state index in [4.69, 9.17) is 0 Å². The van der Waals surface area contributed by atoms with Crippen LogP contribution in [0.3, 0.4) is 0 Å². The van der Waals surface area contributed by atoms with Gasteiger partial charge in [-0.25, -0.2) is 4.39 Å². The van der Waals surface area contributed by atoms with Crippen molar-refractivity contribution < 1.29 is 9.18 Å². The Labute approximate surface area is 114 Å². The highest BCUT2D eigenvalue weighted by molar-refractivity contribution is 9.10. The first kappa shape index (κ1) is 13.5. The van der Waals surface area contributed by atoms with E-state index in [-0.39, 0.29) is 11.5 Å². The summed E-state index contributed by atoms with van der Waals surface area (Å²) in [6.45, 7) is 1.54. The lowest BCUT2D eigenvalue weighted by Crippen LogP contribution is -2.43. The lowest BCUT2D eigenvalue weighted by Gasteiger charge is -2.23. The fraction of sp³-hybridized carbons (Fsp3) is 0.462. The number of benzene rings is 1. The number of carbonyl (C=O) groups excluding carboxylic acids is 1. The van der Waals surface area contributed by atoms with Crippen LogP contribution in [0, 0.1) is 5.82 Å². The SMILES string of the molecule is O=C(NCC1CCCCN1)c1cccc(Br)c1F. The number of nitrogens with one attached hydrogen (secondary N) is 2. The maximum Gasteiger partial charge on any atom is 0.254 e. The molecule has 1 unspecified atom stereocenters. The lowest BCUT2D eigenvalue weighted by atomic mass is 10.1. The van der Waals surface area contributed by atoms with Gasteiger partial charge in [0.15, 0.2) is 0 Å². The van der Waals surface area contributed by atoms with Crippen LogP contribution in [0.1, 0.15) is 29.6 Å². The minimum atomic E-state index is -0.508. The largest absolute Gasteiger partial charge is 0.350 e. The van der Waals surface area contributed by atoms with E-state index in [0.717, 1.165) is 13.0 Å². The molecule has 1 amide bonds. The number of piperidine rings is 1. The summed E-state index contributed by atoms with van der Waals surface area (Å²) in [4.78, 5) is 11.9. The van der Waals surface area contributed by atoms with Crippen molar-refractivity contribution in [2.24, 2.45) is 0 Å². The van der Waals surface area contributed by atoms with Crippen molar-refractivity contribution in [2.45, 2.75) is 25.3 Å². The summed E-state index contributed by atoms with van der Waals surface area (Å²) in [5, 5.41) is 6.11. The lowest BCUT2D eigenvalue weighted by molar-refractivity contribution is 0.0943. The number of hydrogen-bond donors (Lipinski definition) is 2. The molecule has 0 saturated carbocycles. The molecule has 98 valence electrons. The van der Waals surface area contributed by atoms with E-state index in [1.165, 1.54) is 18.9 Å². The molecule has 1 atom stereocenters. The summed E-state index contributed by atoms with van der Waals surface area (Å²) < 4.78 is 14.0. The van der Waals surface area contributed by atoms with Crippen molar-refractivity contribution in [1.29, 1.82) is 0 Å². The normalized spacial score (nSPS) is 19.6. The van der Waals surface area contributed by atoms with Crippen LogP contribution in [-0.2, 0) is 0 Å². The molecule has 5 heteroatoms. The average Bonchev–Trinajstić information content (AvgIpc) is 2.40. The summed E-state index contributed by atoms with van der Waals surface area (Å²) in [6.07, 6.45) is 3.42. The third-order valence-electron chi connectivity index (χ3n) is 3.12. The van der Waals surface area contributed by atoms with Crippen LogP contribution in [0.25, 0.3) is 0 Å². The summed E-state index contributed by atoms with van der Waals surface area (Å²) in [5.74, 6) is -0.868. The highest BCUT2D eigenvalue weighted by atomic mass is 79.9. The molecule has 0 aromatic heterocycles. The Morgan fingerprint density at radius 1 is 1.50 bits per heavy atom. The Balaban J connectivity index is 1.93. The van der Waals surface area contributed by atoms with Crippen molar-refractivity contribution in [3.8, 4) is 0 Å². The third-order valence-corrected chi connectivity index (χ3v) is 3.73.